The van der Waals surface area contributed by atoms with Gasteiger partial charge in [-0.3, -0.25) is 10.1 Å². The summed E-state index contributed by atoms with van der Waals surface area (Å²) >= 11 is 0. The van der Waals surface area contributed by atoms with Gasteiger partial charge < -0.3 is 4.74 Å². The van der Waals surface area contributed by atoms with E-state index >= 15 is 0 Å². The number of rotatable bonds is 3. The average Bonchev–Trinajstić information content (AvgIpc) is 3.11. The maximum atomic E-state index is 11.2. The molecule has 0 radical (unpaired) electrons. The first-order valence-electron chi connectivity index (χ1n) is 5.00. The van der Waals surface area contributed by atoms with Crippen molar-refractivity contribution < 1.29 is 14.5 Å². The molecule has 5 nitrogen and oxygen atoms in total. The van der Waals surface area contributed by atoms with Crippen molar-refractivity contribution in [1.82, 2.24) is 0 Å². The van der Waals surface area contributed by atoms with Crippen LogP contribution in [0.2, 0.25) is 0 Å². The van der Waals surface area contributed by atoms with Crippen LogP contribution in [0.1, 0.15) is 34.7 Å². The summed E-state index contributed by atoms with van der Waals surface area (Å²) in [5, 5.41) is 10.9. The van der Waals surface area contributed by atoms with Crippen LogP contribution in [0.15, 0.2) is 18.2 Å². The third kappa shape index (κ3) is 1.88. The molecule has 0 aliphatic heterocycles. The molecule has 84 valence electrons. The Bertz CT molecular complexity index is 451. The van der Waals surface area contributed by atoms with Gasteiger partial charge >= 0.3 is 5.97 Å². The number of hydrogen-bond acceptors (Lipinski definition) is 4. The third-order valence-corrected chi connectivity index (χ3v) is 2.67. The fourth-order valence-electron chi connectivity index (χ4n) is 1.69. The van der Waals surface area contributed by atoms with Crippen LogP contribution in [-0.4, -0.2) is 18.0 Å². The molecule has 0 unspecified atom stereocenters. The smallest absolute Gasteiger partial charge is 0.338 e. The van der Waals surface area contributed by atoms with Gasteiger partial charge in [-0.15, -0.1) is 0 Å². The summed E-state index contributed by atoms with van der Waals surface area (Å²) in [5.41, 5.74) is 0.960. The Kier molecular flexibility index (Phi) is 2.60. The molecule has 0 aromatic heterocycles. The van der Waals surface area contributed by atoms with Crippen molar-refractivity contribution in [3.05, 3.63) is 39.4 Å². The Morgan fingerprint density at radius 3 is 2.69 bits per heavy atom. The number of ether oxygens (including phenoxy) is 1. The number of benzene rings is 1. The molecular weight excluding hydrogens is 210 g/mol. The van der Waals surface area contributed by atoms with Gasteiger partial charge in [0.15, 0.2) is 0 Å². The van der Waals surface area contributed by atoms with Gasteiger partial charge in [0.1, 0.15) is 0 Å². The fraction of sp³-hybridized carbons (Fsp3) is 0.364. The van der Waals surface area contributed by atoms with Crippen LogP contribution in [0.4, 0.5) is 5.69 Å². The minimum Gasteiger partial charge on any atom is -0.465 e. The molecule has 16 heavy (non-hydrogen) atoms. The summed E-state index contributed by atoms with van der Waals surface area (Å²) in [6.07, 6.45) is 1.97. The Balaban J connectivity index is 2.43. The van der Waals surface area contributed by atoms with Gasteiger partial charge in [0.2, 0.25) is 0 Å². The Labute approximate surface area is 92.2 Å². The molecule has 1 aliphatic rings. The van der Waals surface area contributed by atoms with Gasteiger partial charge in [-0.25, -0.2) is 4.79 Å². The first-order chi connectivity index (χ1) is 7.63. The molecule has 1 aromatic carbocycles. The predicted octanol–water partition coefficient (Wildman–Crippen LogP) is 2.26. The molecule has 5 heteroatoms. The number of methoxy groups -OCH3 is 1. The molecule has 0 heterocycles. The van der Waals surface area contributed by atoms with Crippen LogP contribution in [0.3, 0.4) is 0 Å². The van der Waals surface area contributed by atoms with Crippen LogP contribution >= 0.6 is 0 Å². The third-order valence-electron chi connectivity index (χ3n) is 2.67. The zero-order valence-electron chi connectivity index (χ0n) is 8.80. The van der Waals surface area contributed by atoms with E-state index in [9.17, 15) is 14.9 Å². The van der Waals surface area contributed by atoms with E-state index < -0.39 is 10.9 Å². The second-order valence-corrected chi connectivity index (χ2v) is 3.80. The molecule has 0 N–H and O–H groups in total. The average molecular weight is 221 g/mol. The van der Waals surface area contributed by atoms with Gasteiger partial charge in [-0.1, -0.05) is 6.07 Å². The van der Waals surface area contributed by atoms with Crippen molar-refractivity contribution in [2.75, 3.05) is 7.11 Å². The number of nitro benzene ring substituents is 1. The highest BCUT2D eigenvalue weighted by molar-refractivity contribution is 5.90. The molecular formula is C11H11NO4. The lowest BCUT2D eigenvalue weighted by molar-refractivity contribution is -0.385. The number of carbonyl (C=O) groups is 1. The van der Waals surface area contributed by atoms with Crippen molar-refractivity contribution in [2.24, 2.45) is 0 Å². The normalized spacial score (nSPS) is 14.6. The monoisotopic (exact) mass is 221 g/mol. The first-order valence-corrected chi connectivity index (χ1v) is 5.00. The molecule has 0 spiro atoms. The van der Waals surface area contributed by atoms with E-state index in [4.69, 9.17) is 0 Å². The van der Waals surface area contributed by atoms with E-state index in [-0.39, 0.29) is 17.2 Å². The first kappa shape index (κ1) is 10.6. The molecule has 1 aliphatic carbocycles. The topological polar surface area (TPSA) is 69.4 Å². The summed E-state index contributed by atoms with van der Waals surface area (Å²) in [6, 6.07) is 4.52. The van der Waals surface area contributed by atoms with Crippen molar-refractivity contribution >= 4 is 11.7 Å². The number of esters is 1. The number of nitrogens with zero attached hydrogens (tertiary/aromatic N) is 1. The van der Waals surface area contributed by atoms with Gasteiger partial charge in [-0.2, -0.15) is 0 Å². The quantitative estimate of drug-likeness (QED) is 0.446. The SMILES string of the molecule is COC(=O)c1ccc(C2CC2)c([N+](=O)[O-])c1. The van der Waals surface area contributed by atoms with Gasteiger partial charge in [-0.05, 0) is 24.8 Å². The fourth-order valence-corrected chi connectivity index (χ4v) is 1.69. The van der Waals surface area contributed by atoms with Crippen LogP contribution < -0.4 is 0 Å². The minimum absolute atomic E-state index is 0.0189. The van der Waals surface area contributed by atoms with Crippen molar-refractivity contribution in [2.45, 2.75) is 18.8 Å². The molecule has 0 amide bonds. The summed E-state index contributed by atoms with van der Waals surface area (Å²) in [7, 11) is 1.25. The summed E-state index contributed by atoms with van der Waals surface area (Å²) in [6.45, 7) is 0. The lowest BCUT2D eigenvalue weighted by Gasteiger charge is -2.03. The predicted molar refractivity (Wildman–Crippen MR) is 56.4 cm³/mol. The van der Waals surface area contributed by atoms with Gasteiger partial charge in [0.05, 0.1) is 17.6 Å². The van der Waals surface area contributed by atoms with Crippen molar-refractivity contribution in [3.63, 3.8) is 0 Å². The molecule has 0 atom stereocenters. The lowest BCUT2D eigenvalue weighted by atomic mass is 10.1. The minimum atomic E-state index is -0.551. The summed E-state index contributed by atoms with van der Waals surface area (Å²) in [4.78, 5) is 21.7. The standard InChI is InChI=1S/C11H11NO4/c1-16-11(13)8-4-5-9(7-2-3-7)10(6-8)12(14)15/h4-7H,2-3H2,1H3. The van der Waals surface area contributed by atoms with Crippen LogP contribution in [0.5, 0.6) is 0 Å². The zero-order valence-corrected chi connectivity index (χ0v) is 8.80. The Morgan fingerprint density at radius 2 is 2.19 bits per heavy atom. The maximum absolute atomic E-state index is 11.2. The van der Waals surface area contributed by atoms with Crippen LogP contribution in [-0.2, 0) is 4.74 Å². The maximum Gasteiger partial charge on any atom is 0.338 e. The summed E-state index contributed by atoms with van der Waals surface area (Å²) in [5.74, 6) is -0.266. The lowest BCUT2D eigenvalue weighted by Crippen LogP contribution is -2.03. The number of nitro groups is 1. The van der Waals surface area contributed by atoms with E-state index in [1.165, 1.54) is 13.2 Å². The van der Waals surface area contributed by atoms with Crippen LogP contribution in [0.25, 0.3) is 0 Å². The van der Waals surface area contributed by atoms with Gasteiger partial charge in [0.25, 0.3) is 5.69 Å². The van der Waals surface area contributed by atoms with Gasteiger partial charge in [0, 0.05) is 11.6 Å². The second kappa shape index (κ2) is 3.92. The Morgan fingerprint density at radius 1 is 1.50 bits per heavy atom. The van der Waals surface area contributed by atoms with E-state index in [2.05, 4.69) is 4.74 Å². The van der Waals surface area contributed by atoms with Crippen molar-refractivity contribution in [1.29, 1.82) is 0 Å². The highest BCUT2D eigenvalue weighted by atomic mass is 16.6. The second-order valence-electron chi connectivity index (χ2n) is 3.80. The largest absolute Gasteiger partial charge is 0.465 e. The molecule has 0 saturated heterocycles. The molecule has 1 fully saturated rings. The van der Waals surface area contributed by atoms with Crippen molar-refractivity contribution in [3.8, 4) is 0 Å². The highest BCUT2D eigenvalue weighted by Gasteiger charge is 2.31. The summed E-state index contributed by atoms with van der Waals surface area (Å²) < 4.78 is 4.53. The van der Waals surface area contributed by atoms with E-state index in [0.717, 1.165) is 18.4 Å². The number of carbonyl (C=O) groups excluding carboxylic acids is 1. The highest BCUT2D eigenvalue weighted by Crippen LogP contribution is 2.44. The Hall–Kier alpha value is -1.91. The molecule has 1 saturated carbocycles. The van der Waals surface area contributed by atoms with E-state index in [1.54, 1.807) is 12.1 Å². The molecule has 0 bridgehead atoms. The van der Waals surface area contributed by atoms with E-state index in [0.29, 0.717) is 0 Å². The molecule has 1 aromatic rings. The zero-order chi connectivity index (χ0) is 11.7. The van der Waals surface area contributed by atoms with Crippen LogP contribution in [0, 0.1) is 10.1 Å². The molecule has 2 rings (SSSR count). The van der Waals surface area contributed by atoms with E-state index in [1.807, 2.05) is 0 Å². The number of hydrogen-bond donors (Lipinski definition) is 0.